The van der Waals surface area contributed by atoms with Gasteiger partial charge in [0.1, 0.15) is 6.04 Å². The van der Waals surface area contributed by atoms with Gasteiger partial charge < -0.3 is 9.72 Å². The minimum Gasteiger partial charge on any atom is -0.468 e. The van der Waals surface area contributed by atoms with Gasteiger partial charge in [-0.1, -0.05) is 65.7 Å². The molecule has 0 bridgehead atoms. The van der Waals surface area contributed by atoms with E-state index in [4.69, 9.17) is 16.3 Å². The molecule has 2 atom stereocenters. The van der Waals surface area contributed by atoms with E-state index >= 15 is 0 Å². The molecule has 5 rings (SSSR count). The number of nitrogens with one attached hydrogen (secondary N) is 1. The molecular weight excluding hydrogens is 472 g/mol. The summed E-state index contributed by atoms with van der Waals surface area (Å²) in [7, 11) is -2.85. The van der Waals surface area contributed by atoms with Crippen LogP contribution < -0.4 is 0 Å². The van der Waals surface area contributed by atoms with E-state index in [-0.39, 0.29) is 11.3 Å². The smallest absolute Gasteiger partial charge is 0.324 e. The highest BCUT2D eigenvalue weighted by Crippen LogP contribution is 2.45. The van der Waals surface area contributed by atoms with E-state index in [2.05, 4.69) is 4.98 Å². The van der Waals surface area contributed by atoms with E-state index in [1.54, 1.807) is 42.5 Å². The van der Waals surface area contributed by atoms with Gasteiger partial charge in [-0.25, -0.2) is 8.42 Å². The summed E-state index contributed by atoms with van der Waals surface area (Å²) in [6.07, 6.45) is 0.179. The lowest BCUT2D eigenvalue weighted by atomic mass is 9.90. The lowest BCUT2D eigenvalue weighted by Crippen LogP contribution is -2.51. The summed E-state index contributed by atoms with van der Waals surface area (Å²) >= 11 is 6.61. The number of aromatic nitrogens is 1. The highest BCUT2D eigenvalue weighted by Gasteiger charge is 2.48. The molecule has 4 aromatic rings. The number of aromatic amines is 1. The van der Waals surface area contributed by atoms with Crippen molar-refractivity contribution in [3.05, 3.63) is 100 Å². The number of hydrogen-bond acceptors (Lipinski definition) is 4. The van der Waals surface area contributed by atoms with Crippen molar-refractivity contribution in [1.29, 1.82) is 0 Å². The first-order valence-corrected chi connectivity index (χ1v) is 12.7. The van der Waals surface area contributed by atoms with E-state index in [0.29, 0.717) is 16.3 Å². The van der Waals surface area contributed by atoms with Gasteiger partial charge in [-0.15, -0.1) is 0 Å². The van der Waals surface area contributed by atoms with Crippen LogP contribution in [0.15, 0.2) is 77.7 Å². The molecule has 0 spiro atoms. The van der Waals surface area contributed by atoms with E-state index in [9.17, 15) is 13.2 Å². The van der Waals surface area contributed by atoms with Crippen LogP contribution in [0.4, 0.5) is 0 Å². The molecule has 2 heterocycles. The molecule has 0 amide bonds. The largest absolute Gasteiger partial charge is 0.468 e. The molecule has 0 saturated carbocycles. The number of H-pyrrole nitrogens is 1. The predicted octanol–water partition coefficient (Wildman–Crippen LogP) is 5.01. The monoisotopic (exact) mass is 494 g/mol. The van der Waals surface area contributed by atoms with Gasteiger partial charge in [0, 0.05) is 28.0 Å². The third-order valence-corrected chi connectivity index (χ3v) is 8.58. The number of fused-ring (bicyclic) bond motifs is 3. The maximum atomic E-state index is 14.1. The summed E-state index contributed by atoms with van der Waals surface area (Å²) < 4.78 is 34.6. The average Bonchev–Trinajstić information content (AvgIpc) is 3.21. The van der Waals surface area contributed by atoms with Gasteiger partial charge in [0.15, 0.2) is 0 Å². The number of hydrogen-bond donors (Lipinski definition) is 1. The second kappa shape index (κ2) is 8.58. The van der Waals surface area contributed by atoms with Crippen LogP contribution in [0.2, 0.25) is 5.02 Å². The summed E-state index contributed by atoms with van der Waals surface area (Å²) in [6, 6.07) is 19.5. The zero-order valence-electron chi connectivity index (χ0n) is 18.7. The number of sulfonamides is 1. The number of nitrogens with zero attached hydrogens (tertiary/aromatic N) is 1. The standard InChI is InChI=1S/C26H23ClN2O4S/c1-16-11-13-17(14-12-16)34(31,32)29-23(26(30)33-2)15-20-18-7-4-6-10-22(18)28-24(20)25(29)19-8-3-5-9-21(19)27/h3-14,23,25,28H,15H2,1-2H3. The Balaban J connectivity index is 1.82. The Hall–Kier alpha value is -3.13. The SMILES string of the molecule is COC(=O)C1Cc2c([nH]c3ccccc23)C(c2ccccc2Cl)N1S(=O)(=O)c1ccc(C)cc1. The van der Waals surface area contributed by atoms with Crippen molar-refractivity contribution in [3.8, 4) is 0 Å². The summed E-state index contributed by atoms with van der Waals surface area (Å²) in [6.45, 7) is 1.89. The first-order valence-electron chi connectivity index (χ1n) is 10.8. The zero-order valence-corrected chi connectivity index (χ0v) is 20.2. The van der Waals surface area contributed by atoms with Gasteiger partial charge in [-0.2, -0.15) is 4.31 Å². The molecule has 2 unspecified atom stereocenters. The molecule has 6 nitrogen and oxygen atoms in total. The number of halogens is 1. The lowest BCUT2D eigenvalue weighted by molar-refractivity contribution is -0.145. The minimum atomic E-state index is -4.12. The van der Waals surface area contributed by atoms with E-state index < -0.39 is 28.1 Å². The Labute approximate surface area is 203 Å². The third kappa shape index (κ3) is 3.60. The van der Waals surface area contributed by atoms with Gasteiger partial charge in [0.05, 0.1) is 18.0 Å². The lowest BCUT2D eigenvalue weighted by Gasteiger charge is -2.40. The zero-order chi connectivity index (χ0) is 24.0. The molecule has 1 N–H and O–H groups in total. The van der Waals surface area contributed by atoms with Crippen molar-refractivity contribution in [2.45, 2.75) is 30.3 Å². The summed E-state index contributed by atoms with van der Waals surface area (Å²) in [5.41, 5.74) is 3.96. The number of benzene rings is 3. The number of esters is 1. The first-order chi connectivity index (χ1) is 16.3. The van der Waals surface area contributed by atoms with Gasteiger partial charge in [-0.05, 0) is 42.3 Å². The number of carbonyl (C=O) groups is 1. The highest BCUT2D eigenvalue weighted by molar-refractivity contribution is 7.89. The molecule has 0 radical (unpaired) electrons. The van der Waals surface area contributed by atoms with Crippen LogP contribution in [0.25, 0.3) is 10.9 Å². The second-order valence-corrected chi connectivity index (χ2v) is 10.6. The molecule has 0 saturated heterocycles. The molecule has 174 valence electrons. The molecule has 1 aliphatic rings. The van der Waals surface area contributed by atoms with Crippen LogP contribution in [0.5, 0.6) is 0 Å². The minimum absolute atomic E-state index is 0.101. The van der Waals surface area contributed by atoms with Crippen molar-refractivity contribution < 1.29 is 17.9 Å². The summed E-state index contributed by atoms with van der Waals surface area (Å²) in [5.74, 6) is -0.622. The Kier molecular flexibility index (Phi) is 5.72. The molecule has 0 fully saturated rings. The topological polar surface area (TPSA) is 79.5 Å². The molecule has 1 aromatic heterocycles. The van der Waals surface area contributed by atoms with Crippen molar-refractivity contribution in [3.63, 3.8) is 0 Å². The Morgan fingerprint density at radius 1 is 1.03 bits per heavy atom. The van der Waals surface area contributed by atoms with E-state index in [1.807, 2.05) is 37.3 Å². The predicted molar refractivity (Wildman–Crippen MR) is 131 cm³/mol. The number of ether oxygens (including phenoxy) is 1. The van der Waals surface area contributed by atoms with Gasteiger partial charge in [0.2, 0.25) is 10.0 Å². The highest BCUT2D eigenvalue weighted by atomic mass is 35.5. The maximum Gasteiger partial charge on any atom is 0.324 e. The van der Waals surface area contributed by atoms with Gasteiger partial charge >= 0.3 is 5.97 Å². The normalized spacial score (nSPS) is 18.6. The van der Waals surface area contributed by atoms with Crippen LogP contribution in [0.3, 0.4) is 0 Å². The fraction of sp³-hybridized carbons (Fsp3) is 0.192. The number of methoxy groups -OCH3 is 1. The van der Waals surface area contributed by atoms with Crippen molar-refractivity contribution in [2.75, 3.05) is 7.11 Å². The molecule has 3 aromatic carbocycles. The molecular formula is C26H23ClN2O4S. The van der Waals surface area contributed by atoms with Crippen molar-refractivity contribution in [1.82, 2.24) is 9.29 Å². The molecule has 8 heteroatoms. The number of rotatable bonds is 4. The molecule has 0 aliphatic carbocycles. The van der Waals surface area contributed by atoms with Crippen LogP contribution >= 0.6 is 11.6 Å². The van der Waals surface area contributed by atoms with E-state index in [1.165, 1.54) is 11.4 Å². The number of carbonyl (C=O) groups excluding carboxylic acids is 1. The fourth-order valence-electron chi connectivity index (χ4n) is 4.72. The van der Waals surface area contributed by atoms with E-state index in [0.717, 1.165) is 22.0 Å². The molecule has 34 heavy (non-hydrogen) atoms. The van der Waals surface area contributed by atoms with Gasteiger partial charge in [-0.3, -0.25) is 4.79 Å². The summed E-state index contributed by atoms with van der Waals surface area (Å²) in [5, 5.41) is 1.35. The molecule has 1 aliphatic heterocycles. The number of aryl methyl sites for hydroxylation is 1. The Bertz CT molecular complexity index is 1500. The Morgan fingerprint density at radius 2 is 1.71 bits per heavy atom. The fourth-order valence-corrected chi connectivity index (χ4v) is 6.67. The maximum absolute atomic E-state index is 14.1. The Morgan fingerprint density at radius 3 is 2.41 bits per heavy atom. The number of para-hydroxylation sites is 1. The quantitative estimate of drug-likeness (QED) is 0.404. The van der Waals surface area contributed by atoms with Crippen LogP contribution in [0.1, 0.15) is 28.4 Å². The third-order valence-electron chi connectivity index (χ3n) is 6.35. The van der Waals surface area contributed by atoms with Crippen molar-refractivity contribution in [2.24, 2.45) is 0 Å². The average molecular weight is 495 g/mol. The summed E-state index contributed by atoms with van der Waals surface area (Å²) in [4.78, 5) is 16.6. The van der Waals surface area contributed by atoms with Crippen LogP contribution in [-0.4, -0.2) is 36.8 Å². The van der Waals surface area contributed by atoms with Crippen molar-refractivity contribution >= 4 is 38.5 Å². The second-order valence-electron chi connectivity index (χ2n) is 8.38. The van der Waals surface area contributed by atoms with Crippen LogP contribution in [-0.2, 0) is 26.0 Å². The van der Waals surface area contributed by atoms with Gasteiger partial charge in [0.25, 0.3) is 0 Å². The van der Waals surface area contributed by atoms with Crippen LogP contribution in [0, 0.1) is 6.92 Å². The first kappa shape index (κ1) is 22.7.